The van der Waals surface area contributed by atoms with E-state index in [1.165, 1.54) is 0 Å². The fraction of sp³-hybridized carbons (Fsp3) is 0.538. The monoisotopic (exact) mass is 207 g/mol. The lowest BCUT2D eigenvalue weighted by atomic mass is 9.93. The van der Waals surface area contributed by atoms with Crippen LogP contribution in [0.15, 0.2) is 24.3 Å². The molecule has 0 heterocycles. The number of phenols is 1. The molecule has 2 N–H and O–H groups in total. The quantitative estimate of drug-likeness (QED) is 0.795. The Morgan fingerprint density at radius 1 is 1.33 bits per heavy atom. The second-order valence-corrected chi connectivity index (χ2v) is 4.95. The van der Waals surface area contributed by atoms with Gasteiger partial charge in [0.05, 0.1) is 0 Å². The molecular weight excluding hydrogens is 186 g/mol. The highest BCUT2D eigenvalue weighted by Gasteiger charge is 2.19. The summed E-state index contributed by atoms with van der Waals surface area (Å²) in [6.07, 6.45) is 0. The van der Waals surface area contributed by atoms with Crippen LogP contribution in [0.5, 0.6) is 5.75 Å². The first-order chi connectivity index (χ1) is 6.92. The summed E-state index contributed by atoms with van der Waals surface area (Å²) < 4.78 is 0. The molecule has 0 atom stereocenters. The number of rotatable bonds is 4. The van der Waals surface area contributed by atoms with E-state index >= 15 is 0 Å². The maximum atomic E-state index is 9.43. The molecule has 0 saturated carbocycles. The van der Waals surface area contributed by atoms with Crippen molar-refractivity contribution in [3.05, 3.63) is 29.8 Å². The lowest BCUT2D eigenvalue weighted by Gasteiger charge is -2.28. The Morgan fingerprint density at radius 2 is 2.00 bits per heavy atom. The van der Waals surface area contributed by atoms with Crippen LogP contribution in [-0.4, -0.2) is 11.7 Å². The Bertz CT molecular complexity index is 318. The molecule has 84 valence electrons. The standard InChI is InChI=1S/C13H21NO/c1-10(2)9-14-13(3,4)11-6-5-7-12(15)8-11/h5-8,10,14-15H,9H2,1-4H3. The van der Waals surface area contributed by atoms with Crippen LogP contribution in [0, 0.1) is 5.92 Å². The third-order valence-electron chi connectivity index (χ3n) is 2.52. The predicted octanol–water partition coefficient (Wildman–Crippen LogP) is 2.87. The minimum atomic E-state index is -0.0942. The first kappa shape index (κ1) is 12.1. The number of hydrogen-bond acceptors (Lipinski definition) is 2. The Labute approximate surface area is 92.3 Å². The average molecular weight is 207 g/mol. The number of hydrogen-bond donors (Lipinski definition) is 2. The Balaban J connectivity index is 2.76. The molecular formula is C13H21NO. The maximum Gasteiger partial charge on any atom is 0.115 e. The van der Waals surface area contributed by atoms with E-state index in [4.69, 9.17) is 0 Å². The summed E-state index contributed by atoms with van der Waals surface area (Å²) in [6.45, 7) is 9.61. The van der Waals surface area contributed by atoms with Crippen LogP contribution in [-0.2, 0) is 5.54 Å². The summed E-state index contributed by atoms with van der Waals surface area (Å²) in [5, 5.41) is 12.9. The van der Waals surface area contributed by atoms with E-state index in [1.54, 1.807) is 6.07 Å². The second-order valence-electron chi connectivity index (χ2n) is 4.95. The SMILES string of the molecule is CC(C)CNC(C)(C)c1cccc(O)c1. The van der Waals surface area contributed by atoms with Crippen molar-refractivity contribution in [2.24, 2.45) is 5.92 Å². The first-order valence-electron chi connectivity index (χ1n) is 5.46. The number of nitrogens with one attached hydrogen (secondary N) is 1. The molecule has 0 aliphatic heterocycles. The van der Waals surface area contributed by atoms with Crippen molar-refractivity contribution in [3.8, 4) is 5.75 Å². The summed E-state index contributed by atoms with van der Waals surface area (Å²) in [6, 6.07) is 7.42. The molecule has 1 aromatic carbocycles. The van der Waals surface area contributed by atoms with Crippen molar-refractivity contribution in [1.82, 2.24) is 5.32 Å². The van der Waals surface area contributed by atoms with Gasteiger partial charge in [-0.15, -0.1) is 0 Å². The van der Waals surface area contributed by atoms with Crippen molar-refractivity contribution >= 4 is 0 Å². The largest absolute Gasteiger partial charge is 0.508 e. The molecule has 0 radical (unpaired) electrons. The Hall–Kier alpha value is -1.02. The van der Waals surface area contributed by atoms with Crippen molar-refractivity contribution < 1.29 is 5.11 Å². The molecule has 0 fully saturated rings. The molecule has 15 heavy (non-hydrogen) atoms. The van der Waals surface area contributed by atoms with Gasteiger partial charge < -0.3 is 10.4 Å². The molecule has 0 aromatic heterocycles. The summed E-state index contributed by atoms with van der Waals surface area (Å²) in [5.41, 5.74) is 1.02. The van der Waals surface area contributed by atoms with Crippen LogP contribution in [0.2, 0.25) is 0 Å². The molecule has 0 saturated heterocycles. The van der Waals surface area contributed by atoms with Crippen LogP contribution in [0.25, 0.3) is 0 Å². The molecule has 0 amide bonds. The smallest absolute Gasteiger partial charge is 0.115 e. The molecule has 1 aromatic rings. The summed E-state index contributed by atoms with van der Waals surface area (Å²) in [4.78, 5) is 0. The van der Waals surface area contributed by atoms with Crippen LogP contribution >= 0.6 is 0 Å². The topological polar surface area (TPSA) is 32.3 Å². The number of phenolic OH excluding ortho intramolecular Hbond substituents is 1. The van der Waals surface area contributed by atoms with Crippen LogP contribution in [0.4, 0.5) is 0 Å². The lowest BCUT2D eigenvalue weighted by Crippen LogP contribution is -2.38. The maximum absolute atomic E-state index is 9.43. The van der Waals surface area contributed by atoms with Crippen molar-refractivity contribution in [2.45, 2.75) is 33.2 Å². The zero-order valence-corrected chi connectivity index (χ0v) is 10.0. The van der Waals surface area contributed by atoms with Crippen molar-refractivity contribution in [3.63, 3.8) is 0 Å². The summed E-state index contributed by atoms with van der Waals surface area (Å²) in [5.74, 6) is 0.952. The van der Waals surface area contributed by atoms with Gasteiger partial charge in [-0.05, 0) is 44.0 Å². The normalized spacial score (nSPS) is 12.1. The van der Waals surface area contributed by atoms with E-state index in [0.717, 1.165) is 12.1 Å². The fourth-order valence-corrected chi connectivity index (χ4v) is 1.46. The minimum absolute atomic E-state index is 0.0942. The van der Waals surface area contributed by atoms with E-state index in [-0.39, 0.29) is 5.54 Å². The predicted molar refractivity (Wildman–Crippen MR) is 64.0 cm³/mol. The van der Waals surface area contributed by atoms with Crippen LogP contribution in [0.3, 0.4) is 0 Å². The zero-order chi connectivity index (χ0) is 11.5. The van der Waals surface area contributed by atoms with E-state index in [0.29, 0.717) is 11.7 Å². The fourth-order valence-electron chi connectivity index (χ4n) is 1.46. The molecule has 0 bridgehead atoms. The van der Waals surface area contributed by atoms with E-state index < -0.39 is 0 Å². The van der Waals surface area contributed by atoms with Crippen molar-refractivity contribution in [2.75, 3.05) is 6.54 Å². The van der Waals surface area contributed by atoms with Gasteiger partial charge in [-0.2, -0.15) is 0 Å². The number of benzene rings is 1. The van der Waals surface area contributed by atoms with Gasteiger partial charge in [0, 0.05) is 5.54 Å². The average Bonchev–Trinajstić information content (AvgIpc) is 2.15. The molecule has 1 rings (SSSR count). The second kappa shape index (κ2) is 4.67. The Morgan fingerprint density at radius 3 is 2.53 bits per heavy atom. The third kappa shape index (κ3) is 3.56. The van der Waals surface area contributed by atoms with Crippen LogP contribution in [0.1, 0.15) is 33.3 Å². The van der Waals surface area contributed by atoms with Gasteiger partial charge in [-0.1, -0.05) is 26.0 Å². The van der Waals surface area contributed by atoms with E-state index in [2.05, 4.69) is 33.0 Å². The summed E-state index contributed by atoms with van der Waals surface area (Å²) in [7, 11) is 0. The van der Waals surface area contributed by atoms with Gasteiger partial charge in [-0.25, -0.2) is 0 Å². The molecule has 0 spiro atoms. The highest BCUT2D eigenvalue weighted by atomic mass is 16.3. The third-order valence-corrected chi connectivity index (χ3v) is 2.52. The van der Waals surface area contributed by atoms with E-state index in [9.17, 15) is 5.11 Å². The molecule has 2 heteroatoms. The van der Waals surface area contributed by atoms with E-state index in [1.807, 2.05) is 18.2 Å². The number of aromatic hydroxyl groups is 1. The zero-order valence-electron chi connectivity index (χ0n) is 10.0. The lowest BCUT2D eigenvalue weighted by molar-refractivity contribution is 0.372. The van der Waals surface area contributed by atoms with Gasteiger partial charge in [0.25, 0.3) is 0 Å². The molecule has 2 nitrogen and oxygen atoms in total. The van der Waals surface area contributed by atoms with Gasteiger partial charge in [0.15, 0.2) is 0 Å². The van der Waals surface area contributed by atoms with Gasteiger partial charge in [-0.3, -0.25) is 0 Å². The van der Waals surface area contributed by atoms with Gasteiger partial charge in [0.2, 0.25) is 0 Å². The molecule has 0 aliphatic carbocycles. The minimum Gasteiger partial charge on any atom is -0.508 e. The molecule has 0 unspecified atom stereocenters. The van der Waals surface area contributed by atoms with Gasteiger partial charge >= 0.3 is 0 Å². The first-order valence-corrected chi connectivity index (χ1v) is 5.46. The summed E-state index contributed by atoms with van der Waals surface area (Å²) >= 11 is 0. The van der Waals surface area contributed by atoms with Gasteiger partial charge in [0.1, 0.15) is 5.75 Å². The van der Waals surface area contributed by atoms with Crippen molar-refractivity contribution in [1.29, 1.82) is 0 Å². The highest BCUT2D eigenvalue weighted by Crippen LogP contribution is 2.23. The molecule has 0 aliphatic rings. The highest BCUT2D eigenvalue weighted by molar-refractivity contribution is 5.31. The Kier molecular flexibility index (Phi) is 3.75. The van der Waals surface area contributed by atoms with Crippen LogP contribution < -0.4 is 5.32 Å².